The summed E-state index contributed by atoms with van der Waals surface area (Å²) in [6, 6.07) is 8.38. The van der Waals surface area contributed by atoms with Crippen LogP contribution in [0.1, 0.15) is 17.5 Å². The van der Waals surface area contributed by atoms with Crippen molar-refractivity contribution in [3.8, 4) is 0 Å². The molecule has 0 radical (unpaired) electrons. The van der Waals surface area contributed by atoms with Crippen molar-refractivity contribution in [3.63, 3.8) is 0 Å². The first-order valence-corrected chi connectivity index (χ1v) is 6.64. The minimum absolute atomic E-state index is 0.108. The van der Waals surface area contributed by atoms with E-state index in [2.05, 4.69) is 46.0 Å². The van der Waals surface area contributed by atoms with Gasteiger partial charge >= 0.3 is 0 Å². The standard InChI is InChI=1S/C14H16BrNO/c1-10(15)9-16-14(17)13-7-6-11-4-2-3-5-12(11)8-13/h2-5,13H,1,6-9H2,(H,16,17). The number of hydrogen-bond donors (Lipinski definition) is 1. The summed E-state index contributed by atoms with van der Waals surface area (Å²) in [7, 11) is 0. The number of carbonyl (C=O) groups is 1. The summed E-state index contributed by atoms with van der Waals surface area (Å²) < 4.78 is 0.807. The Labute approximate surface area is 110 Å². The maximum absolute atomic E-state index is 11.9. The fraction of sp³-hybridized carbons (Fsp3) is 0.357. The van der Waals surface area contributed by atoms with Crippen molar-refractivity contribution in [3.05, 3.63) is 46.5 Å². The highest BCUT2D eigenvalue weighted by Gasteiger charge is 2.23. The van der Waals surface area contributed by atoms with Crippen molar-refractivity contribution in [1.82, 2.24) is 5.32 Å². The summed E-state index contributed by atoms with van der Waals surface area (Å²) >= 11 is 3.24. The Morgan fingerprint density at radius 2 is 2.12 bits per heavy atom. The largest absolute Gasteiger partial charge is 0.351 e. The Balaban J connectivity index is 1.97. The van der Waals surface area contributed by atoms with E-state index in [1.807, 2.05) is 6.07 Å². The van der Waals surface area contributed by atoms with Crippen molar-refractivity contribution in [1.29, 1.82) is 0 Å². The van der Waals surface area contributed by atoms with Crippen LogP contribution in [-0.2, 0) is 17.6 Å². The molecule has 2 nitrogen and oxygen atoms in total. The normalized spacial score (nSPS) is 18.3. The van der Waals surface area contributed by atoms with E-state index in [9.17, 15) is 4.79 Å². The number of fused-ring (bicyclic) bond motifs is 1. The summed E-state index contributed by atoms with van der Waals surface area (Å²) in [5.74, 6) is 0.247. The predicted octanol–water partition coefficient (Wildman–Crippen LogP) is 2.82. The molecule has 1 aliphatic carbocycles. The quantitative estimate of drug-likeness (QED) is 0.912. The third kappa shape index (κ3) is 3.19. The summed E-state index contributed by atoms with van der Waals surface area (Å²) in [5, 5.41) is 2.90. The molecule has 1 amide bonds. The van der Waals surface area contributed by atoms with Crippen molar-refractivity contribution in [2.75, 3.05) is 6.54 Å². The van der Waals surface area contributed by atoms with Gasteiger partial charge in [0.2, 0.25) is 5.91 Å². The second-order valence-electron chi connectivity index (χ2n) is 4.44. The second kappa shape index (κ2) is 5.50. The Kier molecular flexibility index (Phi) is 4.00. The van der Waals surface area contributed by atoms with E-state index in [0.29, 0.717) is 6.54 Å². The van der Waals surface area contributed by atoms with E-state index in [0.717, 1.165) is 23.7 Å². The van der Waals surface area contributed by atoms with Gasteiger partial charge in [-0.1, -0.05) is 46.8 Å². The number of benzene rings is 1. The van der Waals surface area contributed by atoms with Gasteiger partial charge in [0.05, 0.1) is 0 Å². The molecule has 0 heterocycles. The number of rotatable bonds is 3. The number of halogens is 1. The fourth-order valence-electron chi connectivity index (χ4n) is 2.25. The van der Waals surface area contributed by atoms with Crippen LogP contribution in [0.4, 0.5) is 0 Å². The average molecular weight is 294 g/mol. The van der Waals surface area contributed by atoms with E-state index in [4.69, 9.17) is 0 Å². The van der Waals surface area contributed by atoms with E-state index in [-0.39, 0.29) is 11.8 Å². The Bertz CT molecular complexity index is 442. The average Bonchev–Trinajstić information content (AvgIpc) is 2.35. The summed E-state index contributed by atoms with van der Waals surface area (Å²) in [6.45, 7) is 4.22. The highest BCUT2D eigenvalue weighted by molar-refractivity contribution is 9.11. The van der Waals surface area contributed by atoms with Crippen LogP contribution >= 0.6 is 15.9 Å². The van der Waals surface area contributed by atoms with Gasteiger partial charge in [-0.25, -0.2) is 0 Å². The van der Waals surface area contributed by atoms with Crippen LogP contribution in [0, 0.1) is 5.92 Å². The molecule has 1 aliphatic rings. The maximum Gasteiger partial charge on any atom is 0.223 e. The Hall–Kier alpha value is -1.09. The molecule has 0 bridgehead atoms. The smallest absolute Gasteiger partial charge is 0.223 e. The summed E-state index contributed by atoms with van der Waals surface area (Å²) in [4.78, 5) is 11.9. The van der Waals surface area contributed by atoms with Crippen molar-refractivity contribution in [2.24, 2.45) is 5.92 Å². The SMILES string of the molecule is C=C(Br)CNC(=O)C1CCc2ccccc2C1. The van der Waals surface area contributed by atoms with Gasteiger partial charge in [-0.3, -0.25) is 4.79 Å². The van der Waals surface area contributed by atoms with Crippen LogP contribution in [-0.4, -0.2) is 12.5 Å². The number of carbonyl (C=O) groups excluding carboxylic acids is 1. The molecule has 1 aromatic rings. The highest BCUT2D eigenvalue weighted by atomic mass is 79.9. The predicted molar refractivity (Wildman–Crippen MR) is 73.0 cm³/mol. The van der Waals surface area contributed by atoms with Crippen molar-refractivity contribution >= 4 is 21.8 Å². The van der Waals surface area contributed by atoms with Gasteiger partial charge in [0.25, 0.3) is 0 Å². The van der Waals surface area contributed by atoms with Gasteiger partial charge in [-0.15, -0.1) is 0 Å². The molecular weight excluding hydrogens is 278 g/mol. The van der Waals surface area contributed by atoms with Crippen LogP contribution in [0.2, 0.25) is 0 Å². The Morgan fingerprint density at radius 3 is 2.82 bits per heavy atom. The molecule has 3 heteroatoms. The number of hydrogen-bond acceptors (Lipinski definition) is 1. The van der Waals surface area contributed by atoms with Crippen LogP contribution in [0.5, 0.6) is 0 Å². The molecule has 0 fully saturated rings. The molecular formula is C14H16BrNO. The van der Waals surface area contributed by atoms with Gasteiger partial charge in [0.15, 0.2) is 0 Å². The lowest BCUT2D eigenvalue weighted by Crippen LogP contribution is -2.34. The molecule has 0 aromatic heterocycles. The third-order valence-corrected chi connectivity index (χ3v) is 3.45. The number of amides is 1. The van der Waals surface area contributed by atoms with Gasteiger partial charge in [-0.05, 0) is 30.4 Å². The molecule has 1 atom stereocenters. The lowest BCUT2D eigenvalue weighted by molar-refractivity contribution is -0.125. The van der Waals surface area contributed by atoms with Crippen LogP contribution in [0.3, 0.4) is 0 Å². The number of nitrogens with one attached hydrogen (secondary N) is 1. The molecule has 0 aliphatic heterocycles. The van der Waals surface area contributed by atoms with Crippen LogP contribution in [0.25, 0.3) is 0 Å². The summed E-state index contributed by atoms with van der Waals surface area (Å²) in [5.41, 5.74) is 2.71. The van der Waals surface area contributed by atoms with Gasteiger partial charge < -0.3 is 5.32 Å². The molecule has 1 aromatic carbocycles. The highest BCUT2D eigenvalue weighted by Crippen LogP contribution is 2.25. The molecule has 0 saturated carbocycles. The maximum atomic E-state index is 11.9. The first-order chi connectivity index (χ1) is 8.16. The molecule has 1 N–H and O–H groups in total. The van der Waals surface area contributed by atoms with Crippen LogP contribution in [0.15, 0.2) is 35.3 Å². The summed E-state index contributed by atoms with van der Waals surface area (Å²) in [6.07, 6.45) is 2.80. The molecule has 90 valence electrons. The zero-order valence-electron chi connectivity index (χ0n) is 9.71. The lowest BCUT2D eigenvalue weighted by atomic mass is 9.83. The van der Waals surface area contributed by atoms with E-state index >= 15 is 0 Å². The second-order valence-corrected chi connectivity index (χ2v) is 5.56. The minimum atomic E-state index is 0.108. The molecule has 0 saturated heterocycles. The van der Waals surface area contributed by atoms with E-state index in [1.165, 1.54) is 11.1 Å². The molecule has 2 rings (SSSR count). The van der Waals surface area contributed by atoms with Gasteiger partial charge in [0.1, 0.15) is 0 Å². The Morgan fingerprint density at radius 1 is 1.41 bits per heavy atom. The zero-order valence-corrected chi connectivity index (χ0v) is 11.3. The molecule has 0 spiro atoms. The van der Waals surface area contributed by atoms with Gasteiger partial charge in [-0.2, -0.15) is 0 Å². The van der Waals surface area contributed by atoms with Crippen molar-refractivity contribution in [2.45, 2.75) is 19.3 Å². The monoisotopic (exact) mass is 293 g/mol. The fourth-order valence-corrected chi connectivity index (χ4v) is 2.39. The van der Waals surface area contributed by atoms with Crippen LogP contribution < -0.4 is 5.32 Å². The first-order valence-electron chi connectivity index (χ1n) is 5.84. The van der Waals surface area contributed by atoms with Gasteiger partial charge in [0, 0.05) is 16.9 Å². The topological polar surface area (TPSA) is 29.1 Å². The first kappa shape index (κ1) is 12.4. The van der Waals surface area contributed by atoms with Crippen molar-refractivity contribution < 1.29 is 4.79 Å². The minimum Gasteiger partial charge on any atom is -0.351 e. The lowest BCUT2D eigenvalue weighted by Gasteiger charge is -2.23. The third-order valence-electron chi connectivity index (χ3n) is 3.17. The molecule has 1 unspecified atom stereocenters. The van der Waals surface area contributed by atoms with E-state index < -0.39 is 0 Å². The zero-order chi connectivity index (χ0) is 12.3. The molecule has 17 heavy (non-hydrogen) atoms. The van der Waals surface area contributed by atoms with E-state index in [1.54, 1.807) is 0 Å². The number of aryl methyl sites for hydroxylation is 1.